The van der Waals surface area contributed by atoms with E-state index in [1.807, 2.05) is 6.26 Å². The zero-order chi connectivity index (χ0) is 14.4. The maximum atomic E-state index is 5.99. The molecule has 1 saturated carbocycles. The average molecular weight is 281 g/mol. The second-order valence-electron chi connectivity index (χ2n) is 6.63. The van der Waals surface area contributed by atoms with Gasteiger partial charge in [-0.25, -0.2) is 0 Å². The normalized spacial score (nSPS) is 23.5. The van der Waals surface area contributed by atoms with E-state index in [1.54, 1.807) is 0 Å². The highest BCUT2D eigenvalue weighted by Gasteiger charge is 2.51. The van der Waals surface area contributed by atoms with E-state index in [4.69, 9.17) is 4.42 Å². The Kier molecular flexibility index (Phi) is 2.88. The molecule has 2 aliphatic rings. The molecule has 0 bridgehead atoms. The number of para-hydroxylation sites is 1. The van der Waals surface area contributed by atoms with Gasteiger partial charge in [-0.15, -0.1) is 0 Å². The molecule has 0 N–H and O–H groups in total. The lowest BCUT2D eigenvalue weighted by Crippen LogP contribution is -2.44. The topological polar surface area (TPSA) is 16.4 Å². The molecule has 21 heavy (non-hydrogen) atoms. The Morgan fingerprint density at radius 3 is 2.62 bits per heavy atom. The zero-order valence-corrected chi connectivity index (χ0v) is 12.9. The molecule has 1 spiro atoms. The van der Waals surface area contributed by atoms with Crippen LogP contribution < -0.4 is 4.90 Å². The minimum absolute atomic E-state index is 0.0859. The molecule has 2 nitrogen and oxygen atoms in total. The Morgan fingerprint density at radius 1 is 1.10 bits per heavy atom. The van der Waals surface area contributed by atoms with Gasteiger partial charge in [-0.3, -0.25) is 0 Å². The van der Waals surface area contributed by atoms with Gasteiger partial charge in [0.05, 0.1) is 17.8 Å². The van der Waals surface area contributed by atoms with E-state index in [1.165, 1.54) is 54.7 Å². The Morgan fingerprint density at radius 2 is 1.86 bits per heavy atom. The number of anilines is 1. The van der Waals surface area contributed by atoms with Crippen LogP contribution in [0.1, 0.15) is 62.0 Å². The maximum Gasteiger partial charge on any atom is 0.134 e. The van der Waals surface area contributed by atoms with Gasteiger partial charge in [0.1, 0.15) is 5.76 Å². The van der Waals surface area contributed by atoms with Crippen LogP contribution in [-0.4, -0.2) is 0 Å². The van der Waals surface area contributed by atoms with Gasteiger partial charge in [-0.1, -0.05) is 37.5 Å². The first-order chi connectivity index (χ1) is 10.2. The van der Waals surface area contributed by atoms with E-state index in [0.29, 0.717) is 6.04 Å². The summed E-state index contributed by atoms with van der Waals surface area (Å²) in [4.78, 5) is 2.65. The number of hydrogen-bond acceptors (Lipinski definition) is 2. The molecule has 1 fully saturated rings. The molecule has 0 saturated heterocycles. The van der Waals surface area contributed by atoms with Crippen LogP contribution in [0.4, 0.5) is 5.69 Å². The van der Waals surface area contributed by atoms with Gasteiger partial charge in [0.25, 0.3) is 0 Å². The summed E-state index contributed by atoms with van der Waals surface area (Å²) in [7, 11) is 0. The molecule has 1 aliphatic heterocycles. The SMILES string of the molecule is Cc1ccccc1N1[C@@H](C)c2ccoc2C12CCCCC2. The monoisotopic (exact) mass is 281 g/mol. The van der Waals surface area contributed by atoms with Crippen molar-refractivity contribution in [1.29, 1.82) is 0 Å². The van der Waals surface area contributed by atoms with Crippen molar-refractivity contribution in [3.05, 3.63) is 53.5 Å². The van der Waals surface area contributed by atoms with E-state index in [0.717, 1.165) is 0 Å². The number of rotatable bonds is 1. The van der Waals surface area contributed by atoms with Crippen LogP contribution in [0.3, 0.4) is 0 Å². The molecule has 2 heterocycles. The molecule has 0 amide bonds. The minimum atomic E-state index is 0.0859. The van der Waals surface area contributed by atoms with Crippen molar-refractivity contribution in [2.75, 3.05) is 4.90 Å². The highest BCUT2D eigenvalue weighted by molar-refractivity contribution is 5.62. The summed E-state index contributed by atoms with van der Waals surface area (Å²) >= 11 is 0. The highest BCUT2D eigenvalue weighted by Crippen LogP contribution is 2.55. The second kappa shape index (κ2) is 4.66. The van der Waals surface area contributed by atoms with E-state index < -0.39 is 0 Å². The van der Waals surface area contributed by atoms with Crippen LogP contribution in [0.5, 0.6) is 0 Å². The first-order valence-corrected chi connectivity index (χ1v) is 8.17. The summed E-state index contributed by atoms with van der Waals surface area (Å²) in [5.74, 6) is 1.23. The van der Waals surface area contributed by atoms with Gasteiger partial charge in [-0.05, 0) is 44.4 Å². The van der Waals surface area contributed by atoms with Crippen LogP contribution >= 0.6 is 0 Å². The third kappa shape index (κ3) is 1.71. The smallest absolute Gasteiger partial charge is 0.134 e. The van der Waals surface area contributed by atoms with Gasteiger partial charge < -0.3 is 9.32 Å². The molecule has 4 rings (SSSR count). The van der Waals surface area contributed by atoms with Crippen molar-refractivity contribution in [3.8, 4) is 0 Å². The third-order valence-corrected chi connectivity index (χ3v) is 5.47. The van der Waals surface area contributed by atoms with E-state index in [-0.39, 0.29) is 5.54 Å². The summed E-state index contributed by atoms with van der Waals surface area (Å²) in [5, 5.41) is 0. The molecule has 110 valence electrons. The lowest BCUT2D eigenvalue weighted by Gasteiger charge is -2.44. The fourth-order valence-electron chi connectivity index (χ4n) is 4.52. The Balaban J connectivity index is 1.89. The largest absolute Gasteiger partial charge is 0.466 e. The average Bonchev–Trinajstić information content (AvgIpc) is 3.06. The van der Waals surface area contributed by atoms with Gasteiger partial charge in [0.15, 0.2) is 0 Å². The fourth-order valence-corrected chi connectivity index (χ4v) is 4.52. The Labute approximate surface area is 126 Å². The van der Waals surface area contributed by atoms with E-state index >= 15 is 0 Å². The second-order valence-corrected chi connectivity index (χ2v) is 6.63. The maximum absolute atomic E-state index is 5.99. The van der Waals surface area contributed by atoms with Crippen molar-refractivity contribution in [2.24, 2.45) is 0 Å². The molecular formula is C19H23NO. The highest BCUT2D eigenvalue weighted by atomic mass is 16.3. The number of nitrogens with zero attached hydrogens (tertiary/aromatic N) is 1. The van der Waals surface area contributed by atoms with Gasteiger partial charge >= 0.3 is 0 Å². The summed E-state index contributed by atoms with van der Waals surface area (Å²) in [5.41, 5.74) is 4.21. The summed E-state index contributed by atoms with van der Waals surface area (Å²) < 4.78 is 5.99. The van der Waals surface area contributed by atoms with E-state index in [9.17, 15) is 0 Å². The van der Waals surface area contributed by atoms with Gasteiger partial charge in [0, 0.05) is 11.3 Å². The van der Waals surface area contributed by atoms with E-state index in [2.05, 4.69) is 49.1 Å². The predicted molar refractivity (Wildman–Crippen MR) is 85.5 cm³/mol. The minimum Gasteiger partial charge on any atom is -0.466 e. The van der Waals surface area contributed by atoms with Crippen molar-refractivity contribution in [1.82, 2.24) is 0 Å². The van der Waals surface area contributed by atoms with Crippen molar-refractivity contribution in [3.63, 3.8) is 0 Å². The number of aryl methyl sites for hydroxylation is 1. The lowest BCUT2D eigenvalue weighted by atomic mass is 9.79. The molecule has 1 aliphatic carbocycles. The predicted octanol–water partition coefficient (Wildman–Crippen LogP) is 5.33. The Hall–Kier alpha value is -1.70. The molecule has 2 aromatic rings. The van der Waals surface area contributed by atoms with Crippen LogP contribution in [0.15, 0.2) is 41.0 Å². The zero-order valence-electron chi connectivity index (χ0n) is 12.9. The summed E-state index contributed by atoms with van der Waals surface area (Å²) in [6, 6.07) is 11.4. The molecule has 0 radical (unpaired) electrons. The van der Waals surface area contributed by atoms with Crippen LogP contribution in [0.2, 0.25) is 0 Å². The summed E-state index contributed by atoms with van der Waals surface area (Å²) in [6.45, 7) is 4.54. The molecular weight excluding hydrogens is 258 g/mol. The molecule has 0 unspecified atom stereocenters. The molecule has 2 heteroatoms. The fraction of sp³-hybridized carbons (Fsp3) is 0.474. The standard InChI is InChI=1S/C19H23NO/c1-14-8-4-5-9-17(14)20-15(2)16-10-13-21-18(16)19(20)11-6-3-7-12-19/h4-5,8-10,13,15H,3,6-7,11-12H2,1-2H3/t15-/m0/s1. The molecule has 1 atom stereocenters. The van der Waals surface area contributed by atoms with Crippen LogP contribution in [0.25, 0.3) is 0 Å². The first-order valence-electron chi connectivity index (χ1n) is 8.17. The number of fused-ring (bicyclic) bond motifs is 2. The van der Waals surface area contributed by atoms with Crippen molar-refractivity contribution in [2.45, 2.75) is 57.5 Å². The molecule has 1 aromatic carbocycles. The first kappa shape index (κ1) is 13.0. The van der Waals surface area contributed by atoms with Crippen LogP contribution in [0, 0.1) is 6.92 Å². The van der Waals surface area contributed by atoms with Crippen molar-refractivity contribution < 1.29 is 4.42 Å². The lowest BCUT2D eigenvalue weighted by molar-refractivity contribution is 0.243. The number of benzene rings is 1. The van der Waals surface area contributed by atoms with Gasteiger partial charge in [0.2, 0.25) is 0 Å². The summed E-state index contributed by atoms with van der Waals surface area (Å²) in [6.07, 6.45) is 8.27. The van der Waals surface area contributed by atoms with Gasteiger partial charge in [-0.2, -0.15) is 0 Å². The number of furan rings is 1. The number of hydrogen-bond donors (Lipinski definition) is 0. The van der Waals surface area contributed by atoms with Crippen LogP contribution in [-0.2, 0) is 5.54 Å². The Bertz CT molecular complexity index is 651. The molecule has 1 aromatic heterocycles. The van der Waals surface area contributed by atoms with Crippen molar-refractivity contribution >= 4 is 5.69 Å². The quantitative estimate of drug-likeness (QED) is 0.702. The third-order valence-electron chi connectivity index (χ3n) is 5.47.